The summed E-state index contributed by atoms with van der Waals surface area (Å²) >= 11 is 0.429. The smallest absolute Gasteiger partial charge is 0.288 e. The Morgan fingerprint density at radius 2 is 1.77 bits per heavy atom. The molecule has 30 heavy (non-hydrogen) atoms. The summed E-state index contributed by atoms with van der Waals surface area (Å²) < 4.78 is 51.8. The summed E-state index contributed by atoms with van der Waals surface area (Å²) in [6.45, 7) is 0.342. The summed E-state index contributed by atoms with van der Waals surface area (Å²) in [6.07, 6.45) is 0.693. The van der Waals surface area contributed by atoms with Crippen molar-refractivity contribution in [3.8, 4) is 6.07 Å². The van der Waals surface area contributed by atoms with Gasteiger partial charge in [0.15, 0.2) is 0 Å². The number of sulfonamides is 1. The van der Waals surface area contributed by atoms with Crippen molar-refractivity contribution in [2.45, 2.75) is 28.4 Å². The van der Waals surface area contributed by atoms with Crippen LogP contribution in [0.1, 0.15) is 18.4 Å². The van der Waals surface area contributed by atoms with Crippen molar-refractivity contribution in [1.82, 2.24) is 4.31 Å². The monoisotopic (exact) mass is 451 g/mol. The quantitative estimate of drug-likeness (QED) is 0.673. The molecule has 0 aromatic heterocycles. The van der Waals surface area contributed by atoms with Gasteiger partial charge in [0.25, 0.3) is 5.76 Å². The SMILES string of the molecule is N#Cc1ccccc1S(=O)(=O)N1CCC(C(=O)Nc2ccc(SC(F)F)cc2)CC1. The Morgan fingerprint density at radius 1 is 1.13 bits per heavy atom. The summed E-state index contributed by atoms with van der Waals surface area (Å²) in [5.41, 5.74) is 0.586. The Balaban J connectivity index is 1.60. The van der Waals surface area contributed by atoms with Crippen LogP contribution in [-0.2, 0) is 14.8 Å². The molecule has 0 saturated carbocycles. The Labute approximate surface area is 177 Å². The Morgan fingerprint density at radius 3 is 2.37 bits per heavy atom. The lowest BCUT2D eigenvalue weighted by Crippen LogP contribution is -2.41. The molecule has 1 fully saturated rings. The number of piperidine rings is 1. The zero-order chi connectivity index (χ0) is 21.7. The predicted molar refractivity (Wildman–Crippen MR) is 110 cm³/mol. The topological polar surface area (TPSA) is 90.3 Å². The van der Waals surface area contributed by atoms with Crippen LogP contribution in [-0.4, -0.2) is 37.5 Å². The molecule has 2 aromatic rings. The van der Waals surface area contributed by atoms with Crippen molar-refractivity contribution >= 4 is 33.4 Å². The summed E-state index contributed by atoms with van der Waals surface area (Å²) in [6, 6.07) is 14.1. The van der Waals surface area contributed by atoms with Gasteiger partial charge in [-0.05, 0) is 49.2 Å². The summed E-state index contributed by atoms with van der Waals surface area (Å²) in [5, 5.41) is 11.9. The number of carbonyl (C=O) groups is 1. The number of hydrogen-bond acceptors (Lipinski definition) is 5. The first-order valence-corrected chi connectivity index (χ1v) is 11.5. The van der Waals surface area contributed by atoms with Gasteiger partial charge in [0.05, 0.1) is 10.5 Å². The Hall–Kier alpha value is -2.48. The lowest BCUT2D eigenvalue weighted by atomic mass is 9.97. The number of benzene rings is 2. The molecule has 1 amide bonds. The van der Waals surface area contributed by atoms with Crippen molar-refractivity contribution in [1.29, 1.82) is 5.26 Å². The minimum atomic E-state index is -3.81. The van der Waals surface area contributed by atoms with Crippen LogP contribution in [0.15, 0.2) is 58.3 Å². The van der Waals surface area contributed by atoms with Crippen LogP contribution >= 0.6 is 11.8 Å². The van der Waals surface area contributed by atoms with Gasteiger partial charge in [-0.3, -0.25) is 4.79 Å². The number of nitriles is 1. The van der Waals surface area contributed by atoms with Crippen LogP contribution in [0.3, 0.4) is 0 Å². The van der Waals surface area contributed by atoms with Gasteiger partial charge in [-0.15, -0.1) is 0 Å². The molecular weight excluding hydrogens is 432 g/mol. The molecule has 1 heterocycles. The van der Waals surface area contributed by atoms with Crippen LogP contribution in [0.25, 0.3) is 0 Å². The van der Waals surface area contributed by atoms with E-state index in [2.05, 4.69) is 5.32 Å². The number of halogens is 2. The van der Waals surface area contributed by atoms with Gasteiger partial charge < -0.3 is 5.32 Å². The third-order valence-electron chi connectivity index (χ3n) is 4.80. The molecule has 0 unspecified atom stereocenters. The molecule has 6 nitrogen and oxygen atoms in total. The Bertz CT molecular complexity index is 1050. The fraction of sp³-hybridized carbons (Fsp3) is 0.300. The number of anilines is 1. The van der Waals surface area contributed by atoms with Gasteiger partial charge in [-0.25, -0.2) is 8.42 Å². The van der Waals surface area contributed by atoms with Gasteiger partial charge in [0.2, 0.25) is 15.9 Å². The molecule has 3 rings (SSSR count). The minimum Gasteiger partial charge on any atom is -0.326 e. The molecule has 0 spiro atoms. The van der Waals surface area contributed by atoms with Crippen molar-refractivity contribution < 1.29 is 22.0 Å². The second-order valence-electron chi connectivity index (χ2n) is 6.68. The van der Waals surface area contributed by atoms with Crippen molar-refractivity contribution in [2.75, 3.05) is 18.4 Å². The molecule has 1 aliphatic heterocycles. The van der Waals surface area contributed by atoms with Gasteiger partial charge in [-0.2, -0.15) is 18.3 Å². The molecule has 1 saturated heterocycles. The van der Waals surface area contributed by atoms with E-state index in [1.807, 2.05) is 6.07 Å². The van der Waals surface area contributed by atoms with Crippen molar-refractivity contribution in [2.24, 2.45) is 5.92 Å². The number of hydrogen-bond donors (Lipinski definition) is 1. The van der Waals surface area contributed by atoms with Crippen LogP contribution < -0.4 is 5.32 Å². The van der Waals surface area contributed by atoms with E-state index in [-0.39, 0.29) is 35.4 Å². The number of carbonyl (C=O) groups excluding carboxylic acids is 1. The summed E-state index contributed by atoms with van der Waals surface area (Å²) in [4.78, 5) is 12.9. The maximum Gasteiger partial charge on any atom is 0.288 e. The molecule has 1 aliphatic rings. The average molecular weight is 452 g/mol. The van der Waals surface area contributed by atoms with E-state index in [9.17, 15) is 27.3 Å². The van der Waals surface area contributed by atoms with Crippen LogP contribution in [0.4, 0.5) is 14.5 Å². The number of alkyl halides is 2. The van der Waals surface area contributed by atoms with E-state index < -0.39 is 15.8 Å². The number of nitrogens with one attached hydrogen (secondary N) is 1. The number of thioether (sulfide) groups is 1. The lowest BCUT2D eigenvalue weighted by molar-refractivity contribution is -0.120. The molecule has 0 aliphatic carbocycles. The normalized spacial score (nSPS) is 15.7. The molecule has 0 atom stereocenters. The molecule has 10 heteroatoms. The second kappa shape index (κ2) is 9.55. The van der Waals surface area contributed by atoms with E-state index in [0.29, 0.717) is 35.2 Å². The Kier molecular flexibility index (Phi) is 7.07. The summed E-state index contributed by atoms with van der Waals surface area (Å²) in [5.74, 6) is -3.11. The number of rotatable bonds is 6. The van der Waals surface area contributed by atoms with Crippen molar-refractivity contribution in [3.05, 3.63) is 54.1 Å². The lowest BCUT2D eigenvalue weighted by Gasteiger charge is -2.30. The maximum atomic E-state index is 12.9. The molecule has 2 aromatic carbocycles. The molecule has 0 radical (unpaired) electrons. The van der Waals surface area contributed by atoms with Crippen LogP contribution in [0.5, 0.6) is 0 Å². The van der Waals surface area contributed by atoms with E-state index in [1.54, 1.807) is 24.3 Å². The van der Waals surface area contributed by atoms with Gasteiger partial charge in [0.1, 0.15) is 6.07 Å². The van der Waals surface area contributed by atoms with E-state index in [1.165, 1.54) is 28.6 Å². The predicted octanol–water partition coefficient (Wildman–Crippen LogP) is 3.91. The zero-order valence-corrected chi connectivity index (χ0v) is 17.4. The first-order chi connectivity index (χ1) is 14.3. The van der Waals surface area contributed by atoms with E-state index in [4.69, 9.17) is 0 Å². The summed E-state index contributed by atoms with van der Waals surface area (Å²) in [7, 11) is -3.81. The first-order valence-electron chi connectivity index (χ1n) is 9.16. The highest BCUT2D eigenvalue weighted by Gasteiger charge is 2.33. The third-order valence-corrected chi connectivity index (χ3v) is 7.48. The second-order valence-corrected chi connectivity index (χ2v) is 9.65. The largest absolute Gasteiger partial charge is 0.326 e. The van der Waals surface area contributed by atoms with Gasteiger partial charge >= 0.3 is 0 Å². The van der Waals surface area contributed by atoms with E-state index in [0.717, 1.165) is 0 Å². The van der Waals surface area contributed by atoms with Crippen LogP contribution in [0, 0.1) is 17.2 Å². The van der Waals surface area contributed by atoms with Gasteiger partial charge in [-0.1, -0.05) is 23.9 Å². The first kappa shape index (κ1) is 22.2. The van der Waals surface area contributed by atoms with Crippen molar-refractivity contribution in [3.63, 3.8) is 0 Å². The molecule has 1 N–H and O–H groups in total. The minimum absolute atomic E-state index is 0.0304. The van der Waals surface area contributed by atoms with E-state index >= 15 is 0 Å². The fourth-order valence-corrected chi connectivity index (χ4v) is 5.36. The third kappa shape index (κ3) is 5.16. The average Bonchev–Trinajstić information content (AvgIpc) is 2.74. The van der Waals surface area contributed by atoms with Gasteiger partial charge in [0, 0.05) is 29.6 Å². The highest BCUT2D eigenvalue weighted by Crippen LogP contribution is 2.28. The number of nitrogens with zero attached hydrogens (tertiary/aromatic N) is 2. The highest BCUT2D eigenvalue weighted by atomic mass is 32.2. The molecule has 0 bridgehead atoms. The molecular formula is C20H19F2N3O3S2. The zero-order valence-electron chi connectivity index (χ0n) is 15.8. The highest BCUT2D eigenvalue weighted by molar-refractivity contribution is 7.99. The maximum absolute atomic E-state index is 12.9. The van der Waals surface area contributed by atoms with Crippen LogP contribution in [0.2, 0.25) is 0 Å². The standard InChI is InChI=1S/C20H19F2N3O3S2/c21-20(22)29-17-7-5-16(6-8-17)24-19(26)14-9-11-25(12-10-14)30(27,28)18-4-2-1-3-15(18)13-23/h1-8,14,20H,9-12H2,(H,24,26). The number of amides is 1. The molecule has 158 valence electrons. The fourth-order valence-electron chi connectivity index (χ4n) is 3.25.